The fourth-order valence-electron chi connectivity index (χ4n) is 2.52. The molecule has 110 valence electrons. The highest BCUT2D eigenvalue weighted by Crippen LogP contribution is 2.34. The van der Waals surface area contributed by atoms with Crippen LogP contribution in [0.3, 0.4) is 0 Å². The number of aromatic hydroxyl groups is 1. The molecule has 2 rings (SSSR count). The van der Waals surface area contributed by atoms with Crippen LogP contribution in [0.25, 0.3) is 0 Å². The van der Waals surface area contributed by atoms with E-state index in [2.05, 4.69) is 42.1 Å². The number of halogens is 2. The zero-order valence-electron chi connectivity index (χ0n) is 11.3. The van der Waals surface area contributed by atoms with E-state index in [1.54, 1.807) is 7.05 Å². The molecule has 1 aromatic carbocycles. The van der Waals surface area contributed by atoms with Gasteiger partial charge in [-0.05, 0) is 75.5 Å². The van der Waals surface area contributed by atoms with Crippen LogP contribution in [0.1, 0.15) is 18.4 Å². The lowest BCUT2D eigenvalue weighted by Gasteiger charge is -2.31. The van der Waals surface area contributed by atoms with Crippen molar-refractivity contribution in [1.29, 1.82) is 0 Å². The zero-order valence-corrected chi connectivity index (χ0v) is 14.5. The highest BCUT2D eigenvalue weighted by Gasteiger charge is 2.24. The average Bonchev–Trinajstić information content (AvgIpc) is 2.44. The van der Waals surface area contributed by atoms with Gasteiger partial charge in [0, 0.05) is 19.5 Å². The summed E-state index contributed by atoms with van der Waals surface area (Å²) in [6, 6.07) is 3.87. The van der Waals surface area contributed by atoms with Gasteiger partial charge >= 0.3 is 0 Å². The minimum Gasteiger partial charge on any atom is -0.506 e. The third-order valence-corrected chi connectivity index (χ3v) is 4.90. The lowest BCUT2D eigenvalue weighted by atomic mass is 9.95. The van der Waals surface area contributed by atoms with Crippen LogP contribution in [0.5, 0.6) is 5.75 Å². The molecule has 0 saturated carbocycles. The Morgan fingerprint density at radius 2 is 1.90 bits per heavy atom. The first-order valence-electron chi connectivity index (χ1n) is 6.62. The summed E-state index contributed by atoms with van der Waals surface area (Å²) >= 11 is 6.70. The molecule has 0 spiro atoms. The van der Waals surface area contributed by atoms with Gasteiger partial charge in [0.05, 0.1) is 8.95 Å². The van der Waals surface area contributed by atoms with E-state index in [9.17, 15) is 9.90 Å². The van der Waals surface area contributed by atoms with Gasteiger partial charge in [0.1, 0.15) is 5.75 Å². The van der Waals surface area contributed by atoms with Gasteiger partial charge in [-0.3, -0.25) is 9.69 Å². The molecule has 0 radical (unpaired) electrons. The van der Waals surface area contributed by atoms with Crippen LogP contribution in [0.2, 0.25) is 0 Å². The van der Waals surface area contributed by atoms with Gasteiger partial charge in [0.25, 0.3) is 0 Å². The number of benzene rings is 1. The minimum atomic E-state index is 0.148. The number of nitrogens with zero attached hydrogens (tertiary/aromatic N) is 1. The Kier molecular flexibility index (Phi) is 5.46. The minimum absolute atomic E-state index is 0.148. The van der Waals surface area contributed by atoms with Gasteiger partial charge in [-0.2, -0.15) is 0 Å². The van der Waals surface area contributed by atoms with E-state index in [0.717, 1.165) is 38.0 Å². The van der Waals surface area contributed by atoms with E-state index in [-0.39, 0.29) is 17.6 Å². The quantitative estimate of drug-likeness (QED) is 0.812. The highest BCUT2D eigenvalue weighted by molar-refractivity contribution is 9.11. The van der Waals surface area contributed by atoms with Crippen molar-refractivity contribution in [1.82, 2.24) is 10.2 Å². The number of phenols is 1. The van der Waals surface area contributed by atoms with E-state index in [0.29, 0.717) is 8.95 Å². The van der Waals surface area contributed by atoms with Gasteiger partial charge in [-0.1, -0.05) is 0 Å². The number of carbonyl (C=O) groups excluding carboxylic acids is 1. The van der Waals surface area contributed by atoms with Gasteiger partial charge in [0.15, 0.2) is 0 Å². The van der Waals surface area contributed by atoms with Crippen LogP contribution in [0.4, 0.5) is 0 Å². The van der Waals surface area contributed by atoms with E-state index in [1.807, 2.05) is 12.1 Å². The molecule has 4 nitrogen and oxygen atoms in total. The third-order valence-electron chi connectivity index (χ3n) is 3.69. The fourth-order valence-corrected chi connectivity index (χ4v) is 3.81. The molecule has 1 aliphatic heterocycles. The van der Waals surface area contributed by atoms with Gasteiger partial charge in [-0.15, -0.1) is 0 Å². The molecule has 0 atom stereocenters. The average molecular weight is 406 g/mol. The van der Waals surface area contributed by atoms with E-state index >= 15 is 0 Å². The van der Waals surface area contributed by atoms with Crippen LogP contribution in [0, 0.1) is 5.92 Å². The third kappa shape index (κ3) is 3.74. The molecule has 0 aliphatic carbocycles. The number of amides is 1. The molecule has 1 aliphatic rings. The maximum atomic E-state index is 11.6. The van der Waals surface area contributed by atoms with E-state index in [4.69, 9.17) is 0 Å². The predicted octanol–water partition coefficient (Wildman–Crippen LogP) is 2.88. The summed E-state index contributed by atoms with van der Waals surface area (Å²) in [6.07, 6.45) is 1.81. The van der Waals surface area contributed by atoms with Crippen LogP contribution >= 0.6 is 31.9 Å². The normalized spacial score (nSPS) is 17.1. The van der Waals surface area contributed by atoms with Gasteiger partial charge in [0.2, 0.25) is 5.91 Å². The molecule has 1 amide bonds. The van der Waals surface area contributed by atoms with Crippen molar-refractivity contribution in [3.63, 3.8) is 0 Å². The Bertz CT molecular complexity index is 477. The molecule has 1 heterocycles. The number of hydrogen-bond donors (Lipinski definition) is 2. The molecule has 2 N–H and O–H groups in total. The van der Waals surface area contributed by atoms with Gasteiger partial charge in [-0.25, -0.2) is 0 Å². The standard InChI is InChI=1S/C14H18Br2N2O2/c1-17-14(20)10-2-4-18(5-3-10)8-9-6-11(15)13(19)12(16)7-9/h6-7,10,19H,2-5,8H2,1H3,(H,17,20). The monoisotopic (exact) mass is 404 g/mol. The number of nitrogens with one attached hydrogen (secondary N) is 1. The molecular formula is C14H18Br2N2O2. The summed E-state index contributed by atoms with van der Waals surface area (Å²) in [5.41, 5.74) is 1.14. The van der Waals surface area contributed by atoms with Crippen LogP contribution < -0.4 is 5.32 Å². The largest absolute Gasteiger partial charge is 0.506 e. The van der Waals surface area contributed by atoms with E-state index < -0.39 is 0 Å². The Labute approximate surface area is 135 Å². The fraction of sp³-hybridized carbons (Fsp3) is 0.500. The van der Waals surface area contributed by atoms with Crippen LogP contribution in [0.15, 0.2) is 21.1 Å². The van der Waals surface area contributed by atoms with Crippen molar-refractivity contribution in [2.24, 2.45) is 5.92 Å². The Balaban J connectivity index is 1.94. The molecule has 0 bridgehead atoms. The summed E-state index contributed by atoms with van der Waals surface area (Å²) in [5.74, 6) is 0.529. The number of likely N-dealkylation sites (tertiary alicyclic amines) is 1. The molecular weight excluding hydrogens is 388 g/mol. The molecule has 20 heavy (non-hydrogen) atoms. The predicted molar refractivity (Wildman–Crippen MR) is 85.6 cm³/mol. The second-order valence-corrected chi connectivity index (χ2v) is 6.78. The molecule has 6 heteroatoms. The van der Waals surface area contributed by atoms with E-state index in [1.165, 1.54) is 0 Å². The summed E-state index contributed by atoms with van der Waals surface area (Å²) in [4.78, 5) is 13.9. The first-order chi connectivity index (χ1) is 9.51. The van der Waals surface area contributed by atoms with Crippen molar-refractivity contribution in [3.8, 4) is 5.75 Å². The molecule has 1 aromatic rings. The number of rotatable bonds is 3. The van der Waals surface area contributed by atoms with Crippen molar-refractivity contribution in [2.45, 2.75) is 19.4 Å². The molecule has 1 fully saturated rings. The number of phenolic OH excluding ortho intramolecular Hbond substituents is 1. The van der Waals surface area contributed by atoms with Crippen molar-refractivity contribution in [3.05, 3.63) is 26.6 Å². The van der Waals surface area contributed by atoms with Crippen molar-refractivity contribution in [2.75, 3.05) is 20.1 Å². The number of hydrogen-bond acceptors (Lipinski definition) is 3. The highest BCUT2D eigenvalue weighted by atomic mass is 79.9. The Morgan fingerprint density at radius 1 is 1.35 bits per heavy atom. The smallest absolute Gasteiger partial charge is 0.222 e. The molecule has 0 aromatic heterocycles. The number of piperidine rings is 1. The summed E-state index contributed by atoms with van der Waals surface area (Å²) in [7, 11) is 1.69. The Hall–Kier alpha value is -0.590. The van der Waals surface area contributed by atoms with Crippen molar-refractivity contribution < 1.29 is 9.90 Å². The summed E-state index contributed by atoms with van der Waals surface area (Å²) in [5, 5.41) is 12.4. The maximum absolute atomic E-state index is 11.6. The first-order valence-corrected chi connectivity index (χ1v) is 8.20. The summed E-state index contributed by atoms with van der Waals surface area (Å²) in [6.45, 7) is 2.68. The number of carbonyl (C=O) groups is 1. The van der Waals surface area contributed by atoms with Crippen LogP contribution in [-0.2, 0) is 11.3 Å². The van der Waals surface area contributed by atoms with Gasteiger partial charge < -0.3 is 10.4 Å². The summed E-state index contributed by atoms with van der Waals surface area (Å²) < 4.78 is 1.39. The lowest BCUT2D eigenvalue weighted by molar-refractivity contribution is -0.125. The van der Waals surface area contributed by atoms with Crippen molar-refractivity contribution >= 4 is 37.8 Å². The molecule has 1 saturated heterocycles. The second-order valence-electron chi connectivity index (χ2n) is 5.07. The molecule has 0 unspecified atom stereocenters. The Morgan fingerprint density at radius 3 is 2.40 bits per heavy atom. The first kappa shape index (κ1) is 15.8. The topological polar surface area (TPSA) is 52.6 Å². The second kappa shape index (κ2) is 6.91. The SMILES string of the molecule is CNC(=O)C1CCN(Cc2cc(Br)c(O)c(Br)c2)CC1. The zero-order chi connectivity index (χ0) is 14.7. The lowest BCUT2D eigenvalue weighted by Crippen LogP contribution is -2.39. The van der Waals surface area contributed by atoms with Crippen LogP contribution in [-0.4, -0.2) is 36.1 Å². The maximum Gasteiger partial charge on any atom is 0.222 e.